The smallest absolute Gasteiger partial charge is 0.272 e. The van der Waals surface area contributed by atoms with Crippen LogP contribution in [0.3, 0.4) is 0 Å². The number of aromatic nitrogens is 2. The van der Waals surface area contributed by atoms with Crippen LogP contribution in [0.4, 0.5) is 11.5 Å². The van der Waals surface area contributed by atoms with Gasteiger partial charge in [-0.25, -0.2) is 0 Å². The Balaban J connectivity index is 1.61. The monoisotopic (exact) mass is 312 g/mol. The molecule has 1 aliphatic rings. The number of benzene rings is 1. The standard InChI is InChI=1S/C17H20N4O2/c1-12-3-2-4-14(11-12)18-16-6-5-15(20-21-16)17(22)19-13-7-9-23-10-8-13/h2-6,11,13H,7-10H2,1H3,(H,18,21)(H,19,22). The lowest BCUT2D eigenvalue weighted by atomic mass is 10.1. The van der Waals surface area contributed by atoms with Gasteiger partial charge in [0.15, 0.2) is 11.5 Å². The number of ether oxygens (including phenoxy) is 1. The summed E-state index contributed by atoms with van der Waals surface area (Å²) in [5.74, 6) is 0.421. The van der Waals surface area contributed by atoms with E-state index < -0.39 is 0 Å². The lowest BCUT2D eigenvalue weighted by molar-refractivity contribution is 0.0693. The molecule has 0 saturated carbocycles. The number of aryl methyl sites for hydroxylation is 1. The van der Waals surface area contributed by atoms with E-state index in [9.17, 15) is 4.79 Å². The van der Waals surface area contributed by atoms with E-state index in [4.69, 9.17) is 4.74 Å². The summed E-state index contributed by atoms with van der Waals surface area (Å²) >= 11 is 0. The first-order valence-corrected chi connectivity index (χ1v) is 7.77. The summed E-state index contributed by atoms with van der Waals surface area (Å²) in [5, 5.41) is 14.2. The van der Waals surface area contributed by atoms with Crippen LogP contribution in [0, 0.1) is 6.92 Å². The first-order valence-electron chi connectivity index (χ1n) is 7.77. The van der Waals surface area contributed by atoms with Crippen molar-refractivity contribution in [3.63, 3.8) is 0 Å². The van der Waals surface area contributed by atoms with Crippen molar-refractivity contribution >= 4 is 17.4 Å². The zero-order valence-corrected chi connectivity index (χ0v) is 13.1. The maximum Gasteiger partial charge on any atom is 0.272 e. The molecule has 2 aromatic rings. The number of anilines is 2. The van der Waals surface area contributed by atoms with Crippen molar-refractivity contribution in [2.45, 2.75) is 25.8 Å². The predicted molar refractivity (Wildman–Crippen MR) is 87.8 cm³/mol. The molecule has 1 aromatic heterocycles. The Hall–Kier alpha value is -2.47. The molecule has 3 rings (SSSR count). The van der Waals surface area contributed by atoms with Crippen LogP contribution >= 0.6 is 0 Å². The second kappa shape index (κ2) is 7.19. The molecule has 1 aromatic carbocycles. The molecule has 0 bridgehead atoms. The topological polar surface area (TPSA) is 76.1 Å². The third kappa shape index (κ3) is 4.26. The third-order valence-electron chi connectivity index (χ3n) is 3.74. The normalized spacial score (nSPS) is 15.2. The van der Waals surface area contributed by atoms with Crippen molar-refractivity contribution in [1.82, 2.24) is 15.5 Å². The Labute approximate surface area is 135 Å². The van der Waals surface area contributed by atoms with E-state index in [1.165, 1.54) is 0 Å². The van der Waals surface area contributed by atoms with Gasteiger partial charge in [-0.2, -0.15) is 0 Å². The number of nitrogens with one attached hydrogen (secondary N) is 2. The summed E-state index contributed by atoms with van der Waals surface area (Å²) in [5.41, 5.74) is 2.43. The zero-order valence-electron chi connectivity index (χ0n) is 13.1. The Morgan fingerprint density at radius 1 is 1.17 bits per heavy atom. The number of rotatable bonds is 4. The number of hydrogen-bond acceptors (Lipinski definition) is 5. The van der Waals surface area contributed by atoms with Crippen molar-refractivity contribution in [3.8, 4) is 0 Å². The first-order chi connectivity index (χ1) is 11.2. The van der Waals surface area contributed by atoms with E-state index >= 15 is 0 Å². The summed E-state index contributed by atoms with van der Waals surface area (Å²) in [6.45, 7) is 3.41. The van der Waals surface area contributed by atoms with Crippen LogP contribution in [0.25, 0.3) is 0 Å². The fourth-order valence-electron chi connectivity index (χ4n) is 2.49. The highest BCUT2D eigenvalue weighted by molar-refractivity contribution is 5.92. The van der Waals surface area contributed by atoms with Crippen molar-refractivity contribution in [3.05, 3.63) is 47.7 Å². The summed E-state index contributed by atoms with van der Waals surface area (Å²) in [6, 6.07) is 11.6. The molecular formula is C17H20N4O2. The van der Waals surface area contributed by atoms with Gasteiger partial charge in [0.05, 0.1) is 0 Å². The fourth-order valence-corrected chi connectivity index (χ4v) is 2.49. The molecule has 120 valence electrons. The molecule has 1 aliphatic heterocycles. The maximum atomic E-state index is 12.2. The van der Waals surface area contributed by atoms with Gasteiger partial charge in [0, 0.05) is 24.9 Å². The predicted octanol–water partition coefficient (Wildman–Crippen LogP) is 2.44. The summed E-state index contributed by atoms with van der Waals surface area (Å²) in [4.78, 5) is 12.2. The van der Waals surface area contributed by atoms with Crippen molar-refractivity contribution in [1.29, 1.82) is 0 Å². The van der Waals surface area contributed by atoms with E-state index in [0.717, 1.165) is 24.1 Å². The molecule has 2 N–H and O–H groups in total. The van der Waals surface area contributed by atoms with Gasteiger partial charge in [-0.15, -0.1) is 10.2 Å². The molecule has 2 heterocycles. The molecule has 0 aliphatic carbocycles. The van der Waals surface area contributed by atoms with Crippen LogP contribution in [0.15, 0.2) is 36.4 Å². The number of amides is 1. The summed E-state index contributed by atoms with van der Waals surface area (Å²) < 4.78 is 5.28. The minimum Gasteiger partial charge on any atom is -0.381 e. The van der Waals surface area contributed by atoms with Crippen molar-refractivity contribution in [2.75, 3.05) is 18.5 Å². The van der Waals surface area contributed by atoms with Crippen LogP contribution in [0.1, 0.15) is 28.9 Å². The van der Waals surface area contributed by atoms with Crippen LogP contribution in [-0.4, -0.2) is 35.4 Å². The highest BCUT2D eigenvalue weighted by Gasteiger charge is 2.17. The van der Waals surface area contributed by atoms with Gasteiger partial charge in [-0.05, 0) is 49.6 Å². The minimum absolute atomic E-state index is 0.156. The van der Waals surface area contributed by atoms with Crippen molar-refractivity contribution in [2.24, 2.45) is 0 Å². The second-order valence-electron chi connectivity index (χ2n) is 5.66. The summed E-state index contributed by atoms with van der Waals surface area (Å²) in [7, 11) is 0. The van der Waals surface area contributed by atoms with Gasteiger partial charge in [-0.1, -0.05) is 12.1 Å². The highest BCUT2D eigenvalue weighted by atomic mass is 16.5. The van der Waals surface area contributed by atoms with E-state index in [2.05, 4.69) is 20.8 Å². The van der Waals surface area contributed by atoms with Gasteiger partial charge in [0.2, 0.25) is 0 Å². The van der Waals surface area contributed by atoms with Crippen LogP contribution in [0.2, 0.25) is 0 Å². The van der Waals surface area contributed by atoms with Gasteiger partial charge in [-0.3, -0.25) is 4.79 Å². The van der Waals surface area contributed by atoms with Gasteiger partial charge in [0.1, 0.15) is 0 Å². The zero-order chi connectivity index (χ0) is 16.1. The Kier molecular flexibility index (Phi) is 4.83. The number of hydrogen-bond donors (Lipinski definition) is 2. The van der Waals surface area contributed by atoms with Gasteiger partial charge < -0.3 is 15.4 Å². The molecule has 1 amide bonds. The van der Waals surface area contributed by atoms with E-state index in [1.54, 1.807) is 12.1 Å². The van der Waals surface area contributed by atoms with E-state index in [1.807, 2.05) is 31.2 Å². The molecule has 0 spiro atoms. The third-order valence-corrected chi connectivity index (χ3v) is 3.74. The average molecular weight is 312 g/mol. The first kappa shape index (κ1) is 15.4. The highest BCUT2D eigenvalue weighted by Crippen LogP contribution is 2.15. The largest absolute Gasteiger partial charge is 0.381 e. The van der Waals surface area contributed by atoms with Gasteiger partial charge >= 0.3 is 0 Å². The average Bonchev–Trinajstić information content (AvgIpc) is 2.56. The van der Waals surface area contributed by atoms with Crippen LogP contribution in [-0.2, 0) is 4.74 Å². The van der Waals surface area contributed by atoms with Gasteiger partial charge in [0.25, 0.3) is 5.91 Å². The van der Waals surface area contributed by atoms with Crippen LogP contribution < -0.4 is 10.6 Å². The molecule has 1 fully saturated rings. The molecule has 6 heteroatoms. The Morgan fingerprint density at radius 3 is 2.70 bits per heavy atom. The van der Waals surface area contributed by atoms with E-state index in [0.29, 0.717) is 24.7 Å². The molecular weight excluding hydrogens is 292 g/mol. The molecule has 0 radical (unpaired) electrons. The number of carbonyl (C=O) groups excluding carboxylic acids is 1. The molecule has 1 saturated heterocycles. The molecule has 6 nitrogen and oxygen atoms in total. The maximum absolute atomic E-state index is 12.2. The molecule has 23 heavy (non-hydrogen) atoms. The second-order valence-corrected chi connectivity index (χ2v) is 5.66. The van der Waals surface area contributed by atoms with Crippen LogP contribution in [0.5, 0.6) is 0 Å². The van der Waals surface area contributed by atoms with E-state index in [-0.39, 0.29) is 11.9 Å². The Bertz CT molecular complexity index is 667. The Morgan fingerprint density at radius 2 is 2.00 bits per heavy atom. The number of carbonyl (C=O) groups is 1. The minimum atomic E-state index is -0.188. The van der Waals surface area contributed by atoms with Crippen molar-refractivity contribution < 1.29 is 9.53 Å². The molecule has 0 atom stereocenters. The quantitative estimate of drug-likeness (QED) is 0.907. The number of nitrogens with zero attached hydrogens (tertiary/aromatic N) is 2. The SMILES string of the molecule is Cc1cccc(Nc2ccc(C(=O)NC3CCOCC3)nn2)c1. The fraction of sp³-hybridized carbons (Fsp3) is 0.353. The summed E-state index contributed by atoms with van der Waals surface area (Å²) in [6.07, 6.45) is 1.68. The lowest BCUT2D eigenvalue weighted by Gasteiger charge is -2.22. The lowest BCUT2D eigenvalue weighted by Crippen LogP contribution is -2.39. The molecule has 0 unspecified atom stereocenters.